The van der Waals surface area contributed by atoms with Gasteiger partial charge in [-0.15, -0.1) is 0 Å². The zero-order valence-corrected chi connectivity index (χ0v) is 19.2. The number of benzene rings is 3. The molecule has 0 aliphatic carbocycles. The molecule has 0 radical (unpaired) electrons. The molecule has 2 atom stereocenters. The van der Waals surface area contributed by atoms with Crippen LogP contribution in [0.25, 0.3) is 0 Å². The average molecular weight is 483 g/mol. The van der Waals surface area contributed by atoms with Crippen molar-refractivity contribution in [1.29, 1.82) is 0 Å². The van der Waals surface area contributed by atoms with Gasteiger partial charge in [0, 0.05) is 6.54 Å². The second kappa shape index (κ2) is 8.73. The maximum Gasteiger partial charge on any atom is 0.244 e. The quantitative estimate of drug-likeness (QED) is 0.601. The van der Waals surface area contributed by atoms with Gasteiger partial charge in [0.2, 0.25) is 22.7 Å². The molecule has 2 aliphatic rings. The molecule has 5 rings (SSSR count). The van der Waals surface area contributed by atoms with Crippen molar-refractivity contribution in [3.63, 3.8) is 0 Å². The van der Waals surface area contributed by atoms with Crippen molar-refractivity contribution in [2.45, 2.75) is 36.9 Å². The highest BCUT2D eigenvalue weighted by atomic mass is 32.2. The van der Waals surface area contributed by atoms with Crippen LogP contribution in [-0.2, 0) is 27.8 Å². The van der Waals surface area contributed by atoms with Gasteiger partial charge in [-0.2, -0.15) is 4.31 Å². The SMILES string of the molecule is CC(NC(=O)C1Cc2ccccc2CN1S(=O)(=O)c1ccc(F)cc1)c1ccc2c(c1)OCO2. The summed E-state index contributed by atoms with van der Waals surface area (Å²) in [7, 11) is -4.05. The number of hydrogen-bond acceptors (Lipinski definition) is 5. The molecular weight excluding hydrogens is 459 g/mol. The standard InChI is InChI=1S/C25H23FN2O5S/c1-16(17-6-11-23-24(13-17)33-15-32-23)27-25(29)22-12-18-4-2-3-5-19(18)14-28(22)34(30,31)21-9-7-20(26)8-10-21/h2-11,13,16,22H,12,14-15H2,1H3,(H,27,29). The highest BCUT2D eigenvalue weighted by Crippen LogP contribution is 2.34. The summed E-state index contributed by atoms with van der Waals surface area (Å²) in [6.07, 6.45) is 0.232. The van der Waals surface area contributed by atoms with Crippen LogP contribution < -0.4 is 14.8 Å². The molecule has 7 nitrogen and oxygen atoms in total. The van der Waals surface area contributed by atoms with E-state index in [9.17, 15) is 17.6 Å². The van der Waals surface area contributed by atoms with Crippen molar-refractivity contribution < 1.29 is 27.1 Å². The molecule has 34 heavy (non-hydrogen) atoms. The third-order valence-electron chi connectivity index (χ3n) is 6.18. The van der Waals surface area contributed by atoms with Crippen LogP contribution in [0.5, 0.6) is 11.5 Å². The molecule has 0 saturated carbocycles. The highest BCUT2D eigenvalue weighted by Gasteiger charge is 2.40. The molecule has 1 amide bonds. The first-order valence-corrected chi connectivity index (χ1v) is 12.3. The van der Waals surface area contributed by atoms with Gasteiger partial charge in [0.15, 0.2) is 11.5 Å². The van der Waals surface area contributed by atoms with E-state index in [-0.39, 0.29) is 24.7 Å². The Morgan fingerprint density at radius 3 is 2.50 bits per heavy atom. The minimum Gasteiger partial charge on any atom is -0.454 e. The zero-order chi connectivity index (χ0) is 23.9. The maximum absolute atomic E-state index is 13.5. The van der Waals surface area contributed by atoms with Crippen LogP contribution in [0.3, 0.4) is 0 Å². The number of nitrogens with zero attached hydrogens (tertiary/aromatic N) is 1. The highest BCUT2D eigenvalue weighted by molar-refractivity contribution is 7.89. The summed E-state index contributed by atoms with van der Waals surface area (Å²) in [5.41, 5.74) is 2.56. The Hall–Kier alpha value is -3.43. The summed E-state index contributed by atoms with van der Waals surface area (Å²) in [5.74, 6) is 0.300. The minimum absolute atomic E-state index is 0.0480. The van der Waals surface area contributed by atoms with Crippen LogP contribution in [0.1, 0.15) is 29.7 Å². The number of ether oxygens (including phenoxy) is 2. The summed E-state index contributed by atoms with van der Waals surface area (Å²) in [5, 5.41) is 2.95. The first-order chi connectivity index (χ1) is 16.3. The van der Waals surface area contributed by atoms with Gasteiger partial charge in [-0.1, -0.05) is 30.3 Å². The molecule has 3 aromatic carbocycles. The van der Waals surface area contributed by atoms with Crippen LogP contribution in [-0.4, -0.2) is 31.5 Å². The van der Waals surface area contributed by atoms with Crippen molar-refractivity contribution >= 4 is 15.9 Å². The molecule has 176 valence electrons. The first kappa shape index (κ1) is 22.4. The van der Waals surface area contributed by atoms with Gasteiger partial charge in [0.25, 0.3) is 0 Å². The Kier molecular flexibility index (Phi) is 5.75. The van der Waals surface area contributed by atoms with Crippen LogP contribution >= 0.6 is 0 Å². The number of halogens is 1. The number of carbonyl (C=O) groups excluding carboxylic acids is 1. The molecule has 2 unspecified atom stereocenters. The number of hydrogen-bond donors (Lipinski definition) is 1. The van der Waals surface area contributed by atoms with Gasteiger partial charge < -0.3 is 14.8 Å². The number of rotatable bonds is 5. The summed E-state index contributed by atoms with van der Waals surface area (Å²) in [6, 6.07) is 16.2. The molecule has 0 saturated heterocycles. The van der Waals surface area contributed by atoms with Crippen LogP contribution in [0.15, 0.2) is 71.6 Å². The van der Waals surface area contributed by atoms with Crippen molar-refractivity contribution in [2.24, 2.45) is 0 Å². The molecule has 0 fully saturated rings. The summed E-state index contributed by atoms with van der Waals surface area (Å²) < 4.78 is 52.4. The lowest BCUT2D eigenvalue weighted by atomic mass is 9.95. The molecule has 2 aliphatic heterocycles. The Morgan fingerprint density at radius 1 is 1.03 bits per heavy atom. The normalized spacial score (nSPS) is 18.2. The lowest BCUT2D eigenvalue weighted by Gasteiger charge is -2.35. The van der Waals surface area contributed by atoms with Crippen LogP contribution in [0, 0.1) is 5.82 Å². The molecule has 3 aromatic rings. The lowest BCUT2D eigenvalue weighted by Crippen LogP contribution is -2.52. The topological polar surface area (TPSA) is 84.9 Å². The predicted molar refractivity (Wildman–Crippen MR) is 122 cm³/mol. The number of sulfonamides is 1. The molecule has 0 spiro atoms. The molecule has 9 heteroatoms. The largest absolute Gasteiger partial charge is 0.454 e. The van der Waals surface area contributed by atoms with E-state index in [4.69, 9.17) is 9.47 Å². The van der Waals surface area contributed by atoms with Gasteiger partial charge in [0.1, 0.15) is 11.9 Å². The van der Waals surface area contributed by atoms with Gasteiger partial charge in [-0.3, -0.25) is 4.79 Å². The number of amides is 1. The predicted octanol–water partition coefficient (Wildman–Crippen LogP) is 3.55. The van der Waals surface area contributed by atoms with E-state index in [1.165, 1.54) is 16.4 Å². The minimum atomic E-state index is -4.05. The van der Waals surface area contributed by atoms with Gasteiger partial charge in [-0.05, 0) is 66.4 Å². The Bertz CT molecular complexity index is 1340. The van der Waals surface area contributed by atoms with Crippen LogP contribution in [0.4, 0.5) is 4.39 Å². The van der Waals surface area contributed by atoms with Gasteiger partial charge >= 0.3 is 0 Å². The lowest BCUT2D eigenvalue weighted by molar-refractivity contribution is -0.125. The zero-order valence-electron chi connectivity index (χ0n) is 18.4. The van der Waals surface area contributed by atoms with E-state index >= 15 is 0 Å². The van der Waals surface area contributed by atoms with Crippen molar-refractivity contribution in [1.82, 2.24) is 9.62 Å². The Balaban J connectivity index is 1.44. The van der Waals surface area contributed by atoms with E-state index < -0.39 is 33.8 Å². The number of fused-ring (bicyclic) bond motifs is 2. The third kappa shape index (κ3) is 4.12. The molecule has 2 heterocycles. The summed E-state index contributed by atoms with van der Waals surface area (Å²) in [4.78, 5) is 13.4. The van der Waals surface area contributed by atoms with E-state index in [0.29, 0.717) is 11.5 Å². The summed E-state index contributed by atoms with van der Waals surface area (Å²) >= 11 is 0. The Labute approximate surface area is 197 Å². The first-order valence-electron chi connectivity index (χ1n) is 10.9. The van der Waals surface area contributed by atoms with E-state index in [1.54, 1.807) is 12.1 Å². The molecular formula is C25H23FN2O5S. The fraction of sp³-hybridized carbons (Fsp3) is 0.240. The van der Waals surface area contributed by atoms with E-state index in [0.717, 1.165) is 28.8 Å². The Morgan fingerprint density at radius 2 is 1.74 bits per heavy atom. The number of carbonyl (C=O) groups is 1. The maximum atomic E-state index is 13.5. The van der Waals surface area contributed by atoms with E-state index in [2.05, 4.69) is 5.32 Å². The van der Waals surface area contributed by atoms with Gasteiger partial charge in [0.05, 0.1) is 10.9 Å². The summed E-state index contributed by atoms with van der Waals surface area (Å²) in [6.45, 7) is 2.02. The third-order valence-corrected chi connectivity index (χ3v) is 8.05. The van der Waals surface area contributed by atoms with Crippen molar-refractivity contribution in [3.8, 4) is 11.5 Å². The smallest absolute Gasteiger partial charge is 0.244 e. The number of nitrogens with one attached hydrogen (secondary N) is 1. The molecule has 0 bridgehead atoms. The van der Waals surface area contributed by atoms with E-state index in [1.807, 2.05) is 37.3 Å². The van der Waals surface area contributed by atoms with Gasteiger partial charge in [-0.25, -0.2) is 12.8 Å². The second-order valence-electron chi connectivity index (χ2n) is 8.34. The average Bonchev–Trinajstić information content (AvgIpc) is 3.31. The molecule has 1 N–H and O–H groups in total. The monoisotopic (exact) mass is 482 g/mol. The second-order valence-corrected chi connectivity index (χ2v) is 10.2. The van der Waals surface area contributed by atoms with Crippen molar-refractivity contribution in [3.05, 3.63) is 89.2 Å². The fourth-order valence-corrected chi connectivity index (χ4v) is 5.86. The molecule has 0 aromatic heterocycles. The van der Waals surface area contributed by atoms with Crippen LogP contribution in [0.2, 0.25) is 0 Å². The fourth-order valence-electron chi connectivity index (χ4n) is 4.29. The van der Waals surface area contributed by atoms with Crippen molar-refractivity contribution in [2.75, 3.05) is 6.79 Å².